The molecule has 226 valence electrons. The summed E-state index contributed by atoms with van der Waals surface area (Å²) in [4.78, 5) is 28.7. The van der Waals surface area contributed by atoms with Gasteiger partial charge in [-0.3, -0.25) is 9.36 Å². The van der Waals surface area contributed by atoms with Gasteiger partial charge in [-0.05, 0) is 58.3 Å². The summed E-state index contributed by atoms with van der Waals surface area (Å²) in [5.74, 6) is -0.141. The number of nitrogens with zero attached hydrogens (tertiary/aromatic N) is 4. The molecule has 0 bridgehead atoms. The van der Waals surface area contributed by atoms with Crippen LogP contribution < -0.4 is 11.0 Å². The Morgan fingerprint density at radius 2 is 1.90 bits per heavy atom. The molecule has 2 heterocycles. The van der Waals surface area contributed by atoms with Gasteiger partial charge in [0.05, 0.1) is 25.2 Å². The average molecular weight is 598 g/mol. The first-order valence-electron chi connectivity index (χ1n) is 14.0. The SMILES string of the molecule is CC[C@H]1O[C@@H](n2ccc(NC(C)=O)nc2=O)C(O[Si](C)(C)C(C)(C)C)[C@H]1OP(OCCC#N)N(C(C)C)C(C)C. The lowest BCUT2D eigenvalue weighted by molar-refractivity contribution is -0.114. The molecule has 11 nitrogen and oxygen atoms in total. The predicted octanol–water partition coefficient (Wildman–Crippen LogP) is 5.56. The summed E-state index contributed by atoms with van der Waals surface area (Å²) in [6.45, 7) is 22.7. The number of ether oxygens (including phenoxy) is 1. The summed E-state index contributed by atoms with van der Waals surface area (Å²) in [6, 6.07) is 3.96. The quantitative estimate of drug-likeness (QED) is 0.177. The molecule has 0 aliphatic carbocycles. The van der Waals surface area contributed by atoms with Gasteiger partial charge in [0.2, 0.25) is 5.91 Å². The fourth-order valence-electron chi connectivity index (χ4n) is 4.29. The van der Waals surface area contributed by atoms with Crippen molar-refractivity contribution < 1.29 is 23.0 Å². The number of nitrogens with one attached hydrogen (secondary N) is 1. The lowest BCUT2D eigenvalue weighted by Gasteiger charge is -2.42. The Morgan fingerprint density at radius 1 is 1.27 bits per heavy atom. The Labute approximate surface area is 241 Å². The third kappa shape index (κ3) is 8.65. The highest BCUT2D eigenvalue weighted by Crippen LogP contribution is 2.52. The molecule has 13 heteroatoms. The number of carbonyl (C=O) groups is 1. The minimum atomic E-state index is -2.37. The van der Waals surface area contributed by atoms with Crippen molar-refractivity contribution in [2.24, 2.45) is 0 Å². The van der Waals surface area contributed by atoms with Crippen LogP contribution in [-0.2, 0) is 23.0 Å². The molecule has 1 aromatic heterocycles. The van der Waals surface area contributed by atoms with Crippen LogP contribution in [0.2, 0.25) is 18.1 Å². The van der Waals surface area contributed by atoms with Crippen LogP contribution in [0.3, 0.4) is 0 Å². The number of nitriles is 1. The first kappa shape index (κ1) is 34.5. The van der Waals surface area contributed by atoms with Crippen LogP contribution in [0.25, 0.3) is 0 Å². The molecule has 2 rings (SSSR count). The number of carbonyl (C=O) groups excluding carboxylic acids is 1. The van der Waals surface area contributed by atoms with Crippen molar-refractivity contribution >= 4 is 28.6 Å². The van der Waals surface area contributed by atoms with Crippen LogP contribution in [0.1, 0.15) is 81.4 Å². The van der Waals surface area contributed by atoms with Crippen molar-refractivity contribution in [3.8, 4) is 6.07 Å². The van der Waals surface area contributed by atoms with Crippen molar-refractivity contribution in [1.82, 2.24) is 14.2 Å². The van der Waals surface area contributed by atoms with Gasteiger partial charge in [-0.2, -0.15) is 10.2 Å². The molecule has 5 atom stereocenters. The Kier molecular flexibility index (Phi) is 12.5. The first-order chi connectivity index (χ1) is 18.5. The normalized spacial score (nSPS) is 22.6. The lowest BCUT2D eigenvalue weighted by Crippen LogP contribution is -2.50. The van der Waals surface area contributed by atoms with E-state index in [9.17, 15) is 9.59 Å². The van der Waals surface area contributed by atoms with Gasteiger partial charge >= 0.3 is 5.69 Å². The van der Waals surface area contributed by atoms with Crippen LogP contribution in [0.15, 0.2) is 17.1 Å². The molecule has 2 unspecified atom stereocenters. The second kappa shape index (κ2) is 14.5. The molecule has 1 saturated heterocycles. The largest absolute Gasteiger partial charge is 0.407 e. The van der Waals surface area contributed by atoms with E-state index in [1.807, 2.05) is 6.92 Å². The van der Waals surface area contributed by atoms with Gasteiger partial charge in [0.25, 0.3) is 8.53 Å². The highest BCUT2D eigenvalue weighted by Gasteiger charge is 2.52. The number of hydrogen-bond donors (Lipinski definition) is 1. The van der Waals surface area contributed by atoms with Crippen LogP contribution >= 0.6 is 8.53 Å². The third-order valence-electron chi connectivity index (χ3n) is 7.21. The van der Waals surface area contributed by atoms with Crippen LogP contribution in [0.5, 0.6) is 0 Å². The minimum absolute atomic E-state index is 0.110. The van der Waals surface area contributed by atoms with Crippen molar-refractivity contribution in [3.63, 3.8) is 0 Å². The predicted molar refractivity (Wildman–Crippen MR) is 159 cm³/mol. The van der Waals surface area contributed by atoms with Gasteiger partial charge < -0.3 is 23.5 Å². The molecule has 0 aromatic carbocycles. The molecule has 1 amide bonds. The van der Waals surface area contributed by atoms with E-state index in [1.54, 1.807) is 12.3 Å². The van der Waals surface area contributed by atoms with Gasteiger partial charge in [0.15, 0.2) is 14.5 Å². The molecule has 1 aliphatic heterocycles. The Balaban J connectivity index is 2.59. The smallest absolute Gasteiger partial charge is 0.351 e. The zero-order valence-corrected chi connectivity index (χ0v) is 27.8. The van der Waals surface area contributed by atoms with Crippen LogP contribution in [0.4, 0.5) is 5.82 Å². The van der Waals surface area contributed by atoms with Gasteiger partial charge in [0, 0.05) is 25.2 Å². The Hall–Kier alpha value is -1.71. The lowest BCUT2D eigenvalue weighted by atomic mass is 10.1. The zero-order chi connectivity index (χ0) is 30.4. The van der Waals surface area contributed by atoms with Crippen LogP contribution in [0, 0.1) is 11.3 Å². The molecule has 1 aliphatic rings. The number of amides is 1. The molecule has 1 N–H and O–H groups in total. The maximum absolute atomic E-state index is 13.2. The van der Waals surface area contributed by atoms with E-state index in [0.717, 1.165) is 0 Å². The van der Waals surface area contributed by atoms with Crippen molar-refractivity contribution in [2.45, 2.75) is 130 Å². The van der Waals surface area contributed by atoms with Crippen molar-refractivity contribution in [1.29, 1.82) is 5.26 Å². The second-order valence-electron chi connectivity index (χ2n) is 12.1. The maximum Gasteiger partial charge on any atom is 0.351 e. The van der Waals surface area contributed by atoms with E-state index in [0.29, 0.717) is 6.42 Å². The molecular formula is C27H48N5O6PSi. The van der Waals surface area contributed by atoms with Crippen LogP contribution in [-0.4, -0.2) is 65.4 Å². The topological polar surface area (TPSA) is 128 Å². The maximum atomic E-state index is 13.2. The Morgan fingerprint density at radius 3 is 2.38 bits per heavy atom. The molecule has 0 saturated carbocycles. The van der Waals surface area contributed by atoms with E-state index in [4.69, 9.17) is 23.5 Å². The third-order valence-corrected chi connectivity index (χ3v) is 13.8. The van der Waals surface area contributed by atoms with Crippen molar-refractivity contribution in [2.75, 3.05) is 11.9 Å². The number of aromatic nitrogens is 2. The summed E-state index contributed by atoms with van der Waals surface area (Å²) >= 11 is 0. The molecular weight excluding hydrogens is 549 g/mol. The van der Waals surface area contributed by atoms with E-state index in [2.05, 4.69) is 82.6 Å². The summed E-state index contributed by atoms with van der Waals surface area (Å²) in [6.07, 6.45) is 0.101. The number of hydrogen-bond acceptors (Lipinski definition) is 9. The molecule has 0 radical (unpaired) electrons. The minimum Gasteiger partial charge on any atom is -0.407 e. The van der Waals surface area contributed by atoms with Gasteiger partial charge in [-0.25, -0.2) is 9.46 Å². The summed E-state index contributed by atoms with van der Waals surface area (Å²) in [5.41, 5.74) is -0.561. The van der Waals surface area contributed by atoms with E-state index < -0.39 is 41.0 Å². The van der Waals surface area contributed by atoms with Gasteiger partial charge in [0.1, 0.15) is 18.0 Å². The molecule has 1 fully saturated rings. The van der Waals surface area contributed by atoms with Gasteiger partial charge in [-0.1, -0.05) is 27.7 Å². The number of anilines is 1. The Bertz CT molecular complexity index is 1080. The van der Waals surface area contributed by atoms with Crippen molar-refractivity contribution in [3.05, 3.63) is 22.7 Å². The average Bonchev–Trinajstić information content (AvgIpc) is 3.13. The highest BCUT2D eigenvalue weighted by molar-refractivity contribution is 7.44. The summed E-state index contributed by atoms with van der Waals surface area (Å²) in [7, 11) is -3.95. The number of rotatable bonds is 13. The van der Waals surface area contributed by atoms with Gasteiger partial charge in [-0.15, -0.1) is 0 Å². The first-order valence-corrected chi connectivity index (χ1v) is 18.0. The highest BCUT2D eigenvalue weighted by atomic mass is 31.2. The fourth-order valence-corrected chi connectivity index (χ4v) is 7.34. The summed E-state index contributed by atoms with van der Waals surface area (Å²) in [5, 5.41) is 11.6. The van der Waals surface area contributed by atoms with E-state index >= 15 is 0 Å². The monoisotopic (exact) mass is 597 g/mol. The zero-order valence-electron chi connectivity index (χ0n) is 25.9. The molecule has 0 spiro atoms. The van der Waals surface area contributed by atoms with E-state index in [-0.39, 0.29) is 48.0 Å². The second-order valence-corrected chi connectivity index (χ2v) is 18.3. The fraction of sp³-hybridized carbons (Fsp3) is 0.778. The van der Waals surface area contributed by atoms with E-state index in [1.165, 1.54) is 11.5 Å². The molecule has 40 heavy (non-hydrogen) atoms. The molecule has 1 aromatic rings. The summed E-state index contributed by atoms with van der Waals surface area (Å²) < 4.78 is 30.1. The standard InChI is InChI=1S/C27H48N5O6PSi/c1-12-21-23(37-39(35-17-13-15-28)32(18(2)3)19(4)5)24(38-40(10,11)27(7,8)9)25(36-21)31-16-14-22(29-20(6)33)30-26(31)34/h14,16,18-19,21,23-25H,12-13,17H2,1-11H3,(H,29,30,33,34)/t21-,23+,24?,25-,39?/m1/s1.